The summed E-state index contributed by atoms with van der Waals surface area (Å²) in [6, 6.07) is 6.27. The molecule has 0 aromatic carbocycles. The summed E-state index contributed by atoms with van der Waals surface area (Å²) >= 11 is 1.77. The minimum atomic E-state index is -0.00436. The summed E-state index contributed by atoms with van der Waals surface area (Å²) in [5, 5.41) is 1.67. The lowest BCUT2D eigenvalue weighted by Crippen LogP contribution is -2.16. The zero-order valence-corrected chi connectivity index (χ0v) is 14.9. The monoisotopic (exact) mass is 352 g/mol. The first-order chi connectivity index (χ1) is 12.2. The van der Waals surface area contributed by atoms with Crippen molar-refractivity contribution >= 4 is 28.7 Å². The zero-order valence-electron chi connectivity index (χ0n) is 14.1. The normalized spacial score (nSPS) is 17.2. The molecule has 2 aliphatic rings. The van der Waals surface area contributed by atoms with Crippen LogP contribution in [-0.2, 0) is 7.05 Å². The summed E-state index contributed by atoms with van der Waals surface area (Å²) in [5.41, 5.74) is 3.97. The van der Waals surface area contributed by atoms with Crippen LogP contribution in [0.2, 0.25) is 0 Å². The van der Waals surface area contributed by atoms with Crippen LogP contribution in [0.3, 0.4) is 0 Å². The Kier molecular flexibility index (Phi) is 3.41. The molecule has 5 rings (SSSR count). The van der Waals surface area contributed by atoms with Crippen LogP contribution in [0.4, 0.5) is 5.82 Å². The lowest BCUT2D eigenvalue weighted by molar-refractivity contribution is 0.870. The van der Waals surface area contributed by atoms with Crippen molar-refractivity contribution in [3.05, 3.63) is 46.5 Å². The number of H-pyrrole nitrogens is 1. The van der Waals surface area contributed by atoms with E-state index in [4.69, 9.17) is 4.98 Å². The van der Waals surface area contributed by atoms with Crippen LogP contribution in [0.1, 0.15) is 37.2 Å². The van der Waals surface area contributed by atoms with Crippen LogP contribution < -0.4 is 10.3 Å². The van der Waals surface area contributed by atoms with Crippen molar-refractivity contribution in [3.8, 4) is 11.3 Å². The van der Waals surface area contributed by atoms with Crippen LogP contribution in [-0.4, -0.2) is 19.8 Å². The van der Waals surface area contributed by atoms with Crippen molar-refractivity contribution in [2.45, 2.75) is 36.9 Å². The Bertz CT molecular complexity index is 1010. The predicted octanol–water partition coefficient (Wildman–Crippen LogP) is 4.03. The van der Waals surface area contributed by atoms with Gasteiger partial charge in [0.25, 0.3) is 5.56 Å². The van der Waals surface area contributed by atoms with Crippen molar-refractivity contribution in [2.75, 3.05) is 4.72 Å². The molecule has 0 spiro atoms. The SMILES string of the molecule is Cn1cc(-c2nc(NSC3CC3)ccc2C2CC2)c2cc[nH]c2c1=O. The Morgan fingerprint density at radius 1 is 1.24 bits per heavy atom. The Morgan fingerprint density at radius 3 is 2.84 bits per heavy atom. The fourth-order valence-corrected chi connectivity index (χ4v) is 4.03. The minimum Gasteiger partial charge on any atom is -0.357 e. The minimum absolute atomic E-state index is 0.00436. The van der Waals surface area contributed by atoms with E-state index in [9.17, 15) is 4.79 Å². The van der Waals surface area contributed by atoms with Gasteiger partial charge in [-0.25, -0.2) is 4.98 Å². The van der Waals surface area contributed by atoms with Gasteiger partial charge in [-0.1, -0.05) is 6.07 Å². The summed E-state index contributed by atoms with van der Waals surface area (Å²) in [6.07, 6.45) is 8.77. The molecule has 2 fully saturated rings. The topological polar surface area (TPSA) is 62.7 Å². The molecular weight excluding hydrogens is 332 g/mol. The molecule has 6 heteroatoms. The Labute approximate surface area is 150 Å². The fraction of sp³-hybridized carbons (Fsp3) is 0.368. The largest absolute Gasteiger partial charge is 0.357 e. The van der Waals surface area contributed by atoms with E-state index in [-0.39, 0.29) is 5.56 Å². The quantitative estimate of drug-likeness (QED) is 0.681. The number of aryl methyl sites for hydroxylation is 1. The van der Waals surface area contributed by atoms with Crippen molar-refractivity contribution in [3.63, 3.8) is 0 Å². The molecule has 3 heterocycles. The molecule has 0 unspecified atom stereocenters. The van der Waals surface area contributed by atoms with Gasteiger partial charge in [0.1, 0.15) is 11.3 Å². The molecule has 0 bridgehead atoms. The lowest BCUT2D eigenvalue weighted by Gasteiger charge is -2.13. The number of aromatic amines is 1. The van der Waals surface area contributed by atoms with E-state index in [1.165, 1.54) is 31.2 Å². The van der Waals surface area contributed by atoms with E-state index in [1.54, 1.807) is 23.6 Å². The van der Waals surface area contributed by atoms with Gasteiger partial charge in [0.15, 0.2) is 0 Å². The highest BCUT2D eigenvalue weighted by Gasteiger charge is 2.29. The predicted molar refractivity (Wildman–Crippen MR) is 103 cm³/mol. The van der Waals surface area contributed by atoms with Gasteiger partial charge < -0.3 is 14.3 Å². The number of anilines is 1. The molecule has 3 aromatic heterocycles. The average molecular weight is 352 g/mol. The number of rotatable bonds is 5. The van der Waals surface area contributed by atoms with E-state index in [1.807, 2.05) is 18.5 Å². The fourth-order valence-electron chi connectivity index (χ4n) is 3.25. The molecule has 2 saturated carbocycles. The number of aromatic nitrogens is 3. The summed E-state index contributed by atoms with van der Waals surface area (Å²) in [7, 11) is 1.80. The van der Waals surface area contributed by atoms with E-state index in [0.717, 1.165) is 27.7 Å². The summed E-state index contributed by atoms with van der Waals surface area (Å²) in [5.74, 6) is 1.49. The van der Waals surface area contributed by atoms with Crippen molar-refractivity contribution in [1.29, 1.82) is 0 Å². The zero-order chi connectivity index (χ0) is 17.0. The van der Waals surface area contributed by atoms with Gasteiger partial charge in [0.2, 0.25) is 0 Å². The number of hydrogen-bond donors (Lipinski definition) is 2. The van der Waals surface area contributed by atoms with E-state index >= 15 is 0 Å². The van der Waals surface area contributed by atoms with Crippen LogP contribution >= 0.6 is 11.9 Å². The summed E-state index contributed by atoms with van der Waals surface area (Å²) < 4.78 is 5.04. The van der Waals surface area contributed by atoms with Gasteiger partial charge in [-0.3, -0.25) is 4.79 Å². The molecule has 0 amide bonds. The van der Waals surface area contributed by atoms with E-state index in [2.05, 4.69) is 21.8 Å². The highest BCUT2D eigenvalue weighted by atomic mass is 32.2. The van der Waals surface area contributed by atoms with Gasteiger partial charge >= 0.3 is 0 Å². The number of fused-ring (bicyclic) bond motifs is 1. The summed E-state index contributed by atoms with van der Waals surface area (Å²) in [4.78, 5) is 20.4. The second-order valence-corrected chi connectivity index (χ2v) is 8.16. The molecule has 25 heavy (non-hydrogen) atoms. The van der Waals surface area contributed by atoms with Gasteiger partial charge in [-0.05, 0) is 61.2 Å². The van der Waals surface area contributed by atoms with Crippen LogP contribution in [0.25, 0.3) is 22.2 Å². The first kappa shape index (κ1) is 15.1. The standard InChI is InChI=1S/C19H20N4OS/c1-23-10-15(14-8-9-20-18(14)19(23)24)17-13(11-2-3-11)6-7-16(21-17)22-25-12-4-5-12/h6-12,20H,2-5H2,1H3,(H,21,22). The maximum Gasteiger partial charge on any atom is 0.274 e. The molecule has 2 N–H and O–H groups in total. The first-order valence-corrected chi connectivity index (χ1v) is 9.68. The number of nitrogens with zero attached hydrogens (tertiary/aromatic N) is 2. The van der Waals surface area contributed by atoms with Crippen molar-refractivity contribution in [1.82, 2.24) is 14.5 Å². The van der Waals surface area contributed by atoms with Crippen LogP contribution in [0.5, 0.6) is 0 Å². The second kappa shape index (κ2) is 5.66. The van der Waals surface area contributed by atoms with Gasteiger partial charge in [0, 0.05) is 35.6 Å². The highest BCUT2D eigenvalue weighted by Crippen LogP contribution is 2.45. The van der Waals surface area contributed by atoms with E-state index in [0.29, 0.717) is 11.4 Å². The number of pyridine rings is 2. The van der Waals surface area contributed by atoms with Crippen molar-refractivity contribution < 1.29 is 0 Å². The van der Waals surface area contributed by atoms with Crippen molar-refractivity contribution in [2.24, 2.45) is 7.05 Å². The molecule has 5 nitrogen and oxygen atoms in total. The average Bonchev–Trinajstić information content (AvgIpc) is 3.54. The van der Waals surface area contributed by atoms with Crippen LogP contribution in [0, 0.1) is 0 Å². The Hall–Kier alpha value is -2.21. The van der Waals surface area contributed by atoms with Gasteiger partial charge in [0.05, 0.1) is 5.69 Å². The molecule has 0 aliphatic heterocycles. The molecule has 0 radical (unpaired) electrons. The molecule has 0 saturated heterocycles. The van der Waals surface area contributed by atoms with Crippen LogP contribution in [0.15, 0.2) is 35.4 Å². The lowest BCUT2D eigenvalue weighted by atomic mass is 10.0. The molecule has 128 valence electrons. The molecule has 3 aromatic rings. The number of hydrogen-bond acceptors (Lipinski definition) is 4. The van der Waals surface area contributed by atoms with Gasteiger partial charge in [-0.15, -0.1) is 0 Å². The summed E-state index contributed by atoms with van der Waals surface area (Å²) in [6.45, 7) is 0. The third-order valence-electron chi connectivity index (χ3n) is 4.95. The Morgan fingerprint density at radius 2 is 2.08 bits per heavy atom. The Balaban J connectivity index is 1.66. The third-order valence-corrected chi connectivity index (χ3v) is 6.08. The van der Waals surface area contributed by atoms with Gasteiger partial charge in [-0.2, -0.15) is 0 Å². The second-order valence-electron chi connectivity index (χ2n) is 7.05. The highest BCUT2D eigenvalue weighted by molar-refractivity contribution is 8.01. The maximum absolute atomic E-state index is 12.4. The third kappa shape index (κ3) is 2.74. The molecule has 0 atom stereocenters. The molecular formula is C19H20N4OS. The smallest absolute Gasteiger partial charge is 0.274 e. The number of nitrogens with one attached hydrogen (secondary N) is 2. The molecule has 2 aliphatic carbocycles. The first-order valence-electron chi connectivity index (χ1n) is 8.80. The van der Waals surface area contributed by atoms with E-state index < -0.39 is 0 Å². The maximum atomic E-state index is 12.4.